The van der Waals surface area contributed by atoms with Crippen LogP contribution >= 0.6 is 0 Å². The maximum Gasteiger partial charge on any atom is 0.251 e. The third kappa shape index (κ3) is 4.40. The number of hydrogen-bond acceptors (Lipinski definition) is 5. The molecule has 0 saturated carbocycles. The number of methoxy groups -OCH3 is 2. The van der Waals surface area contributed by atoms with E-state index < -0.39 is 0 Å². The second-order valence-electron chi connectivity index (χ2n) is 7.36. The molecule has 1 aromatic heterocycles. The summed E-state index contributed by atoms with van der Waals surface area (Å²) in [6.07, 6.45) is 1.94. The van der Waals surface area contributed by atoms with Crippen molar-refractivity contribution in [2.24, 2.45) is 0 Å². The summed E-state index contributed by atoms with van der Waals surface area (Å²) >= 11 is 0. The summed E-state index contributed by atoms with van der Waals surface area (Å²) in [5.41, 5.74) is 2.61. The van der Waals surface area contributed by atoms with Crippen LogP contribution in [0.3, 0.4) is 0 Å². The lowest BCUT2D eigenvalue weighted by molar-refractivity contribution is 0.0932. The van der Waals surface area contributed by atoms with Gasteiger partial charge in [0.15, 0.2) is 5.82 Å². The van der Waals surface area contributed by atoms with Crippen molar-refractivity contribution >= 4 is 11.7 Å². The zero-order valence-corrected chi connectivity index (χ0v) is 17.2. The SMILES string of the molecule is COc1ccc(-c2cc(N3CCC[C@@H](NC(=O)c4cccc(OC)c4)C3)n[nH]2)cc1. The number of aromatic nitrogens is 2. The van der Waals surface area contributed by atoms with Gasteiger partial charge >= 0.3 is 0 Å². The van der Waals surface area contributed by atoms with Crippen LogP contribution in [0.2, 0.25) is 0 Å². The van der Waals surface area contributed by atoms with Gasteiger partial charge in [0.25, 0.3) is 5.91 Å². The molecule has 0 radical (unpaired) electrons. The highest BCUT2D eigenvalue weighted by Crippen LogP contribution is 2.26. The van der Waals surface area contributed by atoms with Crippen LogP contribution in [-0.4, -0.2) is 49.5 Å². The van der Waals surface area contributed by atoms with Gasteiger partial charge in [-0.15, -0.1) is 0 Å². The zero-order chi connectivity index (χ0) is 20.9. The Hall–Kier alpha value is -3.48. The number of piperidine rings is 1. The van der Waals surface area contributed by atoms with E-state index in [-0.39, 0.29) is 11.9 Å². The smallest absolute Gasteiger partial charge is 0.251 e. The molecule has 0 aliphatic carbocycles. The monoisotopic (exact) mass is 406 g/mol. The Morgan fingerprint density at radius 1 is 1.10 bits per heavy atom. The molecule has 1 fully saturated rings. The lowest BCUT2D eigenvalue weighted by Crippen LogP contribution is -2.48. The number of nitrogens with one attached hydrogen (secondary N) is 2. The molecule has 3 aromatic rings. The van der Waals surface area contributed by atoms with Gasteiger partial charge in [0, 0.05) is 30.8 Å². The number of aromatic amines is 1. The summed E-state index contributed by atoms with van der Waals surface area (Å²) in [4.78, 5) is 14.9. The Kier molecular flexibility index (Phi) is 5.88. The maximum atomic E-state index is 12.6. The summed E-state index contributed by atoms with van der Waals surface area (Å²) in [5, 5.41) is 10.8. The highest BCUT2D eigenvalue weighted by molar-refractivity contribution is 5.94. The highest BCUT2D eigenvalue weighted by atomic mass is 16.5. The molecule has 0 bridgehead atoms. The molecule has 1 saturated heterocycles. The van der Waals surface area contributed by atoms with E-state index in [1.807, 2.05) is 42.5 Å². The molecular formula is C23H26N4O3. The van der Waals surface area contributed by atoms with E-state index in [9.17, 15) is 4.79 Å². The minimum atomic E-state index is -0.0818. The van der Waals surface area contributed by atoms with Gasteiger partial charge in [-0.1, -0.05) is 6.07 Å². The van der Waals surface area contributed by atoms with Crippen molar-refractivity contribution in [1.29, 1.82) is 0 Å². The molecule has 2 heterocycles. The fourth-order valence-corrected chi connectivity index (χ4v) is 3.73. The third-order valence-electron chi connectivity index (χ3n) is 5.38. The second-order valence-corrected chi connectivity index (χ2v) is 7.36. The van der Waals surface area contributed by atoms with Gasteiger partial charge < -0.3 is 19.7 Å². The third-order valence-corrected chi connectivity index (χ3v) is 5.38. The van der Waals surface area contributed by atoms with E-state index >= 15 is 0 Å². The van der Waals surface area contributed by atoms with Crippen LogP contribution < -0.4 is 19.7 Å². The van der Waals surface area contributed by atoms with E-state index in [0.717, 1.165) is 48.8 Å². The van der Waals surface area contributed by atoms with Crippen LogP contribution in [0.1, 0.15) is 23.2 Å². The molecule has 4 rings (SSSR count). The Labute approximate surface area is 176 Å². The molecule has 30 heavy (non-hydrogen) atoms. The Bertz CT molecular complexity index is 1000. The van der Waals surface area contributed by atoms with Crippen LogP contribution in [0, 0.1) is 0 Å². The fourth-order valence-electron chi connectivity index (χ4n) is 3.73. The number of carbonyl (C=O) groups excluding carboxylic acids is 1. The van der Waals surface area contributed by atoms with Gasteiger partial charge in [0.05, 0.1) is 19.9 Å². The van der Waals surface area contributed by atoms with Gasteiger partial charge in [-0.3, -0.25) is 9.89 Å². The van der Waals surface area contributed by atoms with Crippen molar-refractivity contribution in [3.8, 4) is 22.8 Å². The first kappa shape index (κ1) is 19.8. The van der Waals surface area contributed by atoms with Crippen molar-refractivity contribution in [3.63, 3.8) is 0 Å². The molecule has 0 spiro atoms. The summed E-state index contributed by atoms with van der Waals surface area (Å²) in [6.45, 7) is 1.64. The molecule has 7 heteroatoms. The van der Waals surface area contributed by atoms with E-state index in [4.69, 9.17) is 9.47 Å². The van der Waals surface area contributed by atoms with Crippen molar-refractivity contribution in [3.05, 3.63) is 60.2 Å². The van der Waals surface area contributed by atoms with E-state index in [2.05, 4.69) is 20.4 Å². The van der Waals surface area contributed by atoms with Crippen LogP contribution in [0.25, 0.3) is 11.3 Å². The lowest BCUT2D eigenvalue weighted by Gasteiger charge is -2.33. The molecule has 1 atom stereocenters. The van der Waals surface area contributed by atoms with Gasteiger partial charge in [0.2, 0.25) is 0 Å². The average Bonchev–Trinajstić information content (AvgIpc) is 3.30. The fraction of sp³-hybridized carbons (Fsp3) is 0.304. The van der Waals surface area contributed by atoms with Gasteiger partial charge in [-0.05, 0) is 60.9 Å². The predicted octanol–water partition coefficient (Wildman–Crippen LogP) is 3.49. The van der Waals surface area contributed by atoms with E-state index in [0.29, 0.717) is 11.3 Å². The number of anilines is 1. The molecule has 1 aliphatic heterocycles. The lowest BCUT2D eigenvalue weighted by atomic mass is 10.0. The zero-order valence-electron chi connectivity index (χ0n) is 17.2. The van der Waals surface area contributed by atoms with E-state index in [1.165, 1.54) is 0 Å². The number of rotatable bonds is 6. The molecule has 2 aromatic carbocycles. The summed E-state index contributed by atoms with van der Waals surface area (Å²) in [7, 11) is 3.25. The summed E-state index contributed by atoms with van der Waals surface area (Å²) < 4.78 is 10.4. The normalized spacial score (nSPS) is 16.2. The van der Waals surface area contributed by atoms with Crippen molar-refractivity contribution in [1.82, 2.24) is 15.5 Å². The number of carbonyl (C=O) groups is 1. The predicted molar refractivity (Wildman–Crippen MR) is 116 cm³/mol. The summed E-state index contributed by atoms with van der Waals surface area (Å²) in [5.74, 6) is 2.31. The van der Waals surface area contributed by atoms with Crippen LogP contribution in [0.4, 0.5) is 5.82 Å². The first-order valence-corrected chi connectivity index (χ1v) is 10.1. The molecule has 0 unspecified atom stereocenters. The van der Waals surface area contributed by atoms with Gasteiger partial charge in [-0.2, -0.15) is 5.10 Å². The molecule has 1 aliphatic rings. The number of ether oxygens (including phenoxy) is 2. The van der Waals surface area contributed by atoms with Crippen LogP contribution in [0.5, 0.6) is 11.5 Å². The van der Waals surface area contributed by atoms with Gasteiger partial charge in [0.1, 0.15) is 11.5 Å². The van der Waals surface area contributed by atoms with E-state index in [1.54, 1.807) is 26.4 Å². The standard InChI is InChI=1S/C23H26N4O3/c1-29-19-10-8-16(9-11-19)21-14-22(26-25-21)27-12-4-6-18(15-27)24-23(28)17-5-3-7-20(13-17)30-2/h3,5,7-11,13-14,18H,4,6,12,15H2,1-2H3,(H,24,28)(H,25,26)/t18-/m1/s1. The minimum absolute atomic E-state index is 0.0681. The average molecular weight is 406 g/mol. The minimum Gasteiger partial charge on any atom is -0.497 e. The Morgan fingerprint density at radius 3 is 2.67 bits per heavy atom. The molecule has 7 nitrogen and oxygen atoms in total. The first-order chi connectivity index (χ1) is 14.7. The largest absolute Gasteiger partial charge is 0.497 e. The Balaban J connectivity index is 1.41. The number of nitrogens with zero attached hydrogens (tertiary/aromatic N) is 2. The van der Waals surface area contributed by atoms with Crippen LogP contribution in [-0.2, 0) is 0 Å². The summed E-state index contributed by atoms with van der Waals surface area (Å²) in [6, 6.07) is 17.2. The molecule has 1 amide bonds. The van der Waals surface area contributed by atoms with Crippen LogP contribution in [0.15, 0.2) is 54.6 Å². The molecular weight excluding hydrogens is 380 g/mol. The molecule has 156 valence electrons. The number of amides is 1. The molecule has 2 N–H and O–H groups in total. The Morgan fingerprint density at radius 2 is 1.90 bits per heavy atom. The maximum absolute atomic E-state index is 12.6. The van der Waals surface area contributed by atoms with Gasteiger partial charge in [-0.25, -0.2) is 0 Å². The number of hydrogen-bond donors (Lipinski definition) is 2. The number of benzene rings is 2. The van der Waals surface area contributed by atoms with Crippen molar-refractivity contribution in [2.45, 2.75) is 18.9 Å². The van der Waals surface area contributed by atoms with Crippen molar-refractivity contribution in [2.75, 3.05) is 32.2 Å². The van der Waals surface area contributed by atoms with Crippen molar-refractivity contribution < 1.29 is 14.3 Å². The number of H-pyrrole nitrogens is 1. The first-order valence-electron chi connectivity index (χ1n) is 10.1. The highest BCUT2D eigenvalue weighted by Gasteiger charge is 2.24. The second kappa shape index (κ2) is 8.90. The topological polar surface area (TPSA) is 79.5 Å². The quantitative estimate of drug-likeness (QED) is 0.655.